The summed E-state index contributed by atoms with van der Waals surface area (Å²) in [5.41, 5.74) is 6.47. The number of nitrogens with two attached hydrogens (primary N) is 1. The van der Waals surface area contributed by atoms with Crippen molar-refractivity contribution in [2.24, 2.45) is 5.92 Å². The van der Waals surface area contributed by atoms with Gasteiger partial charge in [-0.1, -0.05) is 13.8 Å². The molecule has 21 heavy (non-hydrogen) atoms. The summed E-state index contributed by atoms with van der Waals surface area (Å²) in [5, 5.41) is 3.32. The van der Waals surface area contributed by atoms with Crippen LogP contribution in [-0.2, 0) is 0 Å². The first-order chi connectivity index (χ1) is 9.90. The second-order valence-electron chi connectivity index (χ2n) is 6.15. The Kier molecular flexibility index (Phi) is 7.29. The van der Waals surface area contributed by atoms with E-state index in [0.717, 1.165) is 25.3 Å². The highest BCUT2D eigenvalue weighted by atomic mass is 16.5. The molecule has 0 amide bonds. The number of ether oxygens (including phenoxy) is 1. The van der Waals surface area contributed by atoms with Crippen molar-refractivity contribution in [1.82, 2.24) is 9.88 Å². The molecule has 0 radical (unpaired) electrons. The second kappa shape index (κ2) is 8.72. The van der Waals surface area contributed by atoms with E-state index in [1.165, 1.54) is 0 Å². The Hall–Kier alpha value is -1.49. The molecule has 0 aliphatic rings. The summed E-state index contributed by atoms with van der Waals surface area (Å²) >= 11 is 0. The molecule has 5 heteroatoms. The molecule has 0 atom stereocenters. The van der Waals surface area contributed by atoms with E-state index in [1.807, 2.05) is 12.1 Å². The largest absolute Gasteiger partial charge is 0.476 e. The average molecular weight is 294 g/mol. The van der Waals surface area contributed by atoms with Gasteiger partial charge in [-0.15, -0.1) is 0 Å². The smallest absolute Gasteiger partial charge is 0.239 e. The van der Waals surface area contributed by atoms with Crippen LogP contribution >= 0.6 is 0 Å². The third-order valence-corrected chi connectivity index (χ3v) is 3.32. The van der Waals surface area contributed by atoms with E-state index in [4.69, 9.17) is 10.5 Å². The van der Waals surface area contributed by atoms with Gasteiger partial charge in [0.15, 0.2) is 0 Å². The van der Waals surface area contributed by atoms with Gasteiger partial charge in [0.05, 0.1) is 12.3 Å². The number of hydrogen-bond donors (Lipinski definition) is 2. The lowest BCUT2D eigenvalue weighted by molar-refractivity contribution is 0.263. The third kappa shape index (κ3) is 6.67. The topological polar surface area (TPSA) is 63.4 Å². The lowest BCUT2D eigenvalue weighted by Gasteiger charge is -2.20. The van der Waals surface area contributed by atoms with Gasteiger partial charge in [-0.3, -0.25) is 0 Å². The van der Waals surface area contributed by atoms with Crippen LogP contribution in [0.5, 0.6) is 5.88 Å². The van der Waals surface area contributed by atoms with Gasteiger partial charge in [-0.25, -0.2) is 0 Å². The van der Waals surface area contributed by atoms with E-state index < -0.39 is 0 Å². The van der Waals surface area contributed by atoms with Crippen molar-refractivity contribution in [1.29, 1.82) is 0 Å². The van der Waals surface area contributed by atoms with Crippen LogP contribution in [0.3, 0.4) is 0 Å². The van der Waals surface area contributed by atoms with Crippen molar-refractivity contribution < 1.29 is 4.74 Å². The zero-order valence-corrected chi connectivity index (χ0v) is 14.0. The Bertz CT molecular complexity index is 421. The Morgan fingerprint density at radius 3 is 2.62 bits per heavy atom. The van der Waals surface area contributed by atoms with Crippen LogP contribution in [0.25, 0.3) is 0 Å². The van der Waals surface area contributed by atoms with E-state index in [9.17, 15) is 0 Å². The number of pyridine rings is 1. The van der Waals surface area contributed by atoms with Gasteiger partial charge in [0, 0.05) is 12.6 Å². The SMILES string of the molecule is CC(C)COc1nc(NCCCN(C)C(C)C)ccc1N. The zero-order chi connectivity index (χ0) is 15.8. The van der Waals surface area contributed by atoms with Crippen LogP contribution in [0.15, 0.2) is 12.1 Å². The van der Waals surface area contributed by atoms with Gasteiger partial charge in [-0.05, 0) is 51.9 Å². The molecule has 1 aromatic rings. The molecule has 0 spiro atoms. The first-order valence-electron chi connectivity index (χ1n) is 7.73. The highest BCUT2D eigenvalue weighted by Crippen LogP contribution is 2.21. The molecule has 1 heterocycles. The van der Waals surface area contributed by atoms with Gasteiger partial charge in [0.25, 0.3) is 0 Å². The van der Waals surface area contributed by atoms with Crippen LogP contribution in [0.1, 0.15) is 34.1 Å². The van der Waals surface area contributed by atoms with Crippen molar-refractivity contribution in [3.05, 3.63) is 12.1 Å². The first-order valence-corrected chi connectivity index (χ1v) is 7.73. The van der Waals surface area contributed by atoms with Crippen LogP contribution in [-0.4, -0.2) is 42.7 Å². The maximum absolute atomic E-state index is 5.88. The highest BCUT2D eigenvalue weighted by Gasteiger charge is 2.06. The Morgan fingerprint density at radius 2 is 2.00 bits per heavy atom. The molecule has 0 aliphatic heterocycles. The molecule has 1 rings (SSSR count). The van der Waals surface area contributed by atoms with Crippen molar-refractivity contribution in [3.63, 3.8) is 0 Å². The van der Waals surface area contributed by atoms with E-state index >= 15 is 0 Å². The second-order valence-corrected chi connectivity index (χ2v) is 6.15. The van der Waals surface area contributed by atoms with Crippen LogP contribution < -0.4 is 15.8 Å². The molecular formula is C16H30N4O. The van der Waals surface area contributed by atoms with E-state index in [2.05, 4.69) is 49.9 Å². The summed E-state index contributed by atoms with van der Waals surface area (Å²) < 4.78 is 5.63. The molecule has 0 unspecified atom stereocenters. The first kappa shape index (κ1) is 17.6. The molecular weight excluding hydrogens is 264 g/mol. The predicted octanol–water partition coefficient (Wildman–Crippen LogP) is 2.84. The molecule has 3 N–H and O–H groups in total. The average Bonchev–Trinajstić information content (AvgIpc) is 2.43. The molecule has 5 nitrogen and oxygen atoms in total. The number of rotatable bonds is 9. The molecule has 0 saturated heterocycles. The number of anilines is 2. The number of nitrogen functional groups attached to an aromatic ring is 1. The third-order valence-electron chi connectivity index (χ3n) is 3.32. The Morgan fingerprint density at radius 1 is 1.29 bits per heavy atom. The minimum atomic E-state index is 0.453. The molecule has 0 aliphatic carbocycles. The standard InChI is InChI=1S/C16H30N4O/c1-12(2)11-21-16-14(17)7-8-15(19-16)18-9-6-10-20(5)13(3)4/h7-8,12-13H,6,9-11,17H2,1-5H3,(H,18,19). The summed E-state index contributed by atoms with van der Waals surface area (Å²) in [6, 6.07) is 4.31. The molecule has 1 aromatic heterocycles. The van der Waals surface area contributed by atoms with Gasteiger partial charge in [0.2, 0.25) is 5.88 Å². The fourth-order valence-electron chi connectivity index (χ4n) is 1.71. The minimum Gasteiger partial charge on any atom is -0.476 e. The number of nitrogens with zero attached hydrogens (tertiary/aromatic N) is 2. The number of hydrogen-bond acceptors (Lipinski definition) is 5. The van der Waals surface area contributed by atoms with Crippen molar-refractivity contribution in [2.75, 3.05) is 37.8 Å². The lowest BCUT2D eigenvalue weighted by Crippen LogP contribution is -2.28. The summed E-state index contributed by atoms with van der Waals surface area (Å²) in [6.45, 7) is 11.2. The zero-order valence-electron chi connectivity index (χ0n) is 14.0. The van der Waals surface area contributed by atoms with Crippen LogP contribution in [0, 0.1) is 5.92 Å². The maximum atomic E-state index is 5.88. The molecule has 0 aromatic carbocycles. The summed E-state index contributed by atoms with van der Waals surface area (Å²) in [7, 11) is 2.14. The lowest BCUT2D eigenvalue weighted by atomic mass is 10.2. The molecule has 0 fully saturated rings. The Balaban J connectivity index is 2.43. The monoisotopic (exact) mass is 294 g/mol. The molecule has 120 valence electrons. The molecule has 0 bridgehead atoms. The minimum absolute atomic E-state index is 0.453. The van der Waals surface area contributed by atoms with Crippen molar-refractivity contribution >= 4 is 11.5 Å². The normalized spacial score (nSPS) is 11.4. The fourth-order valence-corrected chi connectivity index (χ4v) is 1.71. The van der Waals surface area contributed by atoms with E-state index in [-0.39, 0.29) is 0 Å². The Labute approximate surface area is 128 Å². The van der Waals surface area contributed by atoms with Crippen LogP contribution in [0.2, 0.25) is 0 Å². The summed E-state index contributed by atoms with van der Waals surface area (Å²) in [6.07, 6.45) is 1.07. The van der Waals surface area contributed by atoms with Gasteiger partial charge in [0.1, 0.15) is 5.82 Å². The summed E-state index contributed by atoms with van der Waals surface area (Å²) in [4.78, 5) is 6.75. The highest BCUT2D eigenvalue weighted by molar-refractivity contribution is 5.53. The van der Waals surface area contributed by atoms with E-state index in [1.54, 1.807) is 0 Å². The fraction of sp³-hybridized carbons (Fsp3) is 0.688. The van der Waals surface area contributed by atoms with Gasteiger partial charge >= 0.3 is 0 Å². The van der Waals surface area contributed by atoms with Gasteiger partial charge in [-0.2, -0.15) is 4.98 Å². The van der Waals surface area contributed by atoms with Gasteiger partial charge < -0.3 is 20.7 Å². The number of aromatic nitrogens is 1. The van der Waals surface area contributed by atoms with Crippen molar-refractivity contribution in [3.8, 4) is 5.88 Å². The van der Waals surface area contributed by atoms with Crippen LogP contribution in [0.4, 0.5) is 11.5 Å². The molecule has 0 saturated carbocycles. The summed E-state index contributed by atoms with van der Waals surface area (Å²) in [5.74, 6) is 1.79. The quantitative estimate of drug-likeness (QED) is 0.686. The number of nitrogens with one attached hydrogen (secondary N) is 1. The van der Waals surface area contributed by atoms with Crippen molar-refractivity contribution in [2.45, 2.75) is 40.2 Å². The maximum Gasteiger partial charge on any atom is 0.239 e. The predicted molar refractivity (Wildman–Crippen MR) is 89.9 cm³/mol. The van der Waals surface area contributed by atoms with E-state index in [0.29, 0.717) is 30.1 Å².